The quantitative estimate of drug-likeness (QED) is 0.796. The van der Waals surface area contributed by atoms with Crippen LogP contribution in [0.2, 0.25) is 0 Å². The van der Waals surface area contributed by atoms with E-state index in [0.29, 0.717) is 19.0 Å². The number of hydrogen-bond donors (Lipinski definition) is 1. The van der Waals surface area contributed by atoms with Crippen molar-refractivity contribution in [1.29, 1.82) is 0 Å². The monoisotopic (exact) mass is 291 g/mol. The van der Waals surface area contributed by atoms with Crippen LogP contribution in [-0.4, -0.2) is 48.9 Å². The number of carbonyl (C=O) groups excluding carboxylic acids is 1. The lowest BCUT2D eigenvalue weighted by atomic mass is 10.0. The Morgan fingerprint density at radius 1 is 1.14 bits per heavy atom. The predicted molar refractivity (Wildman–Crippen MR) is 87.8 cm³/mol. The average Bonchev–Trinajstić information content (AvgIpc) is 2.42. The van der Waals surface area contributed by atoms with Crippen LogP contribution in [0.4, 0.5) is 0 Å². The Morgan fingerprint density at radius 2 is 1.76 bits per heavy atom. The zero-order chi connectivity index (χ0) is 15.8. The van der Waals surface area contributed by atoms with Crippen molar-refractivity contribution in [2.75, 3.05) is 27.2 Å². The van der Waals surface area contributed by atoms with Crippen LogP contribution in [-0.2, 0) is 11.3 Å². The van der Waals surface area contributed by atoms with E-state index in [0.717, 1.165) is 18.5 Å². The first kappa shape index (κ1) is 17.7. The molecule has 1 amide bonds. The normalized spacial score (nSPS) is 12.7. The molecule has 0 heterocycles. The fourth-order valence-electron chi connectivity index (χ4n) is 2.23. The van der Waals surface area contributed by atoms with Gasteiger partial charge < -0.3 is 15.5 Å². The number of amides is 1. The Labute approximate surface area is 128 Å². The second kappa shape index (κ2) is 8.80. The van der Waals surface area contributed by atoms with Gasteiger partial charge in [-0.25, -0.2) is 0 Å². The lowest BCUT2D eigenvalue weighted by molar-refractivity contribution is -0.133. The number of likely N-dealkylation sites (N-methyl/N-ethyl adjacent to an activating group) is 1. The van der Waals surface area contributed by atoms with Crippen LogP contribution < -0.4 is 5.73 Å². The lowest BCUT2D eigenvalue weighted by Gasteiger charge is -2.27. The summed E-state index contributed by atoms with van der Waals surface area (Å²) in [5, 5.41) is 0. The van der Waals surface area contributed by atoms with Crippen LogP contribution >= 0.6 is 0 Å². The summed E-state index contributed by atoms with van der Waals surface area (Å²) in [6.07, 6.45) is 0.728. The van der Waals surface area contributed by atoms with Gasteiger partial charge in [-0.3, -0.25) is 4.79 Å². The Morgan fingerprint density at radius 3 is 2.29 bits per heavy atom. The number of rotatable bonds is 8. The smallest absolute Gasteiger partial charge is 0.239 e. The molecule has 1 atom stereocenters. The van der Waals surface area contributed by atoms with E-state index in [-0.39, 0.29) is 5.91 Å². The molecular weight excluding hydrogens is 262 g/mol. The standard InChI is InChI=1S/C17H29N3O/c1-14(2)12-16(18)17(21)20(11-10-19(3)4)13-15-8-6-5-7-9-15/h5-9,14,16H,10-13,18H2,1-4H3. The largest absolute Gasteiger partial charge is 0.336 e. The Balaban J connectivity index is 2.73. The van der Waals surface area contributed by atoms with E-state index in [4.69, 9.17) is 5.73 Å². The van der Waals surface area contributed by atoms with Gasteiger partial charge in [0.25, 0.3) is 0 Å². The van der Waals surface area contributed by atoms with Gasteiger partial charge in [0.1, 0.15) is 0 Å². The molecule has 0 aliphatic carbocycles. The highest BCUT2D eigenvalue weighted by molar-refractivity contribution is 5.81. The van der Waals surface area contributed by atoms with Crippen molar-refractivity contribution in [2.24, 2.45) is 11.7 Å². The van der Waals surface area contributed by atoms with Crippen molar-refractivity contribution < 1.29 is 4.79 Å². The maximum atomic E-state index is 12.6. The minimum absolute atomic E-state index is 0.0504. The molecule has 1 aromatic rings. The summed E-state index contributed by atoms with van der Waals surface area (Å²) >= 11 is 0. The van der Waals surface area contributed by atoms with Crippen molar-refractivity contribution >= 4 is 5.91 Å². The summed E-state index contributed by atoms with van der Waals surface area (Å²) in [6, 6.07) is 9.67. The van der Waals surface area contributed by atoms with E-state index in [1.165, 1.54) is 0 Å². The van der Waals surface area contributed by atoms with E-state index in [2.05, 4.69) is 18.7 Å². The summed E-state index contributed by atoms with van der Waals surface area (Å²) in [7, 11) is 4.03. The highest BCUT2D eigenvalue weighted by Crippen LogP contribution is 2.10. The Hall–Kier alpha value is -1.39. The summed E-state index contributed by atoms with van der Waals surface area (Å²) in [4.78, 5) is 16.5. The lowest BCUT2D eigenvalue weighted by Crippen LogP contribution is -2.46. The Kier molecular flexibility index (Phi) is 7.40. The van der Waals surface area contributed by atoms with Crippen LogP contribution in [0.5, 0.6) is 0 Å². The topological polar surface area (TPSA) is 49.6 Å². The molecule has 21 heavy (non-hydrogen) atoms. The second-order valence-corrected chi connectivity index (χ2v) is 6.28. The van der Waals surface area contributed by atoms with Crippen LogP contribution in [0.25, 0.3) is 0 Å². The predicted octanol–water partition coefficient (Wildman–Crippen LogP) is 1.95. The van der Waals surface area contributed by atoms with Gasteiger partial charge in [0.2, 0.25) is 5.91 Å². The second-order valence-electron chi connectivity index (χ2n) is 6.28. The highest BCUT2D eigenvalue weighted by Gasteiger charge is 2.21. The molecule has 0 fully saturated rings. The molecule has 1 unspecified atom stereocenters. The van der Waals surface area contributed by atoms with E-state index in [9.17, 15) is 4.79 Å². The van der Waals surface area contributed by atoms with Gasteiger partial charge in [0, 0.05) is 19.6 Å². The molecule has 118 valence electrons. The van der Waals surface area contributed by atoms with E-state index in [1.54, 1.807) is 0 Å². The molecule has 4 nitrogen and oxygen atoms in total. The first-order chi connectivity index (χ1) is 9.90. The van der Waals surface area contributed by atoms with Crippen molar-refractivity contribution in [2.45, 2.75) is 32.9 Å². The molecule has 4 heteroatoms. The summed E-state index contributed by atoms with van der Waals surface area (Å²) in [5.41, 5.74) is 7.21. The summed E-state index contributed by atoms with van der Waals surface area (Å²) in [5.74, 6) is 0.478. The first-order valence-electron chi connectivity index (χ1n) is 7.63. The van der Waals surface area contributed by atoms with Gasteiger partial charge in [0.05, 0.1) is 6.04 Å². The maximum absolute atomic E-state index is 12.6. The first-order valence-corrected chi connectivity index (χ1v) is 7.63. The molecule has 0 aliphatic rings. The van der Waals surface area contributed by atoms with Crippen LogP contribution in [0, 0.1) is 5.92 Å². The molecule has 0 aromatic heterocycles. The molecule has 0 bridgehead atoms. The van der Waals surface area contributed by atoms with Crippen LogP contribution in [0.1, 0.15) is 25.8 Å². The number of nitrogens with zero attached hydrogens (tertiary/aromatic N) is 2. The zero-order valence-corrected chi connectivity index (χ0v) is 13.7. The third kappa shape index (κ3) is 6.74. The van der Waals surface area contributed by atoms with E-state index in [1.807, 2.05) is 49.3 Å². The molecule has 1 rings (SSSR count). The molecule has 0 spiro atoms. The maximum Gasteiger partial charge on any atom is 0.239 e. The van der Waals surface area contributed by atoms with Gasteiger partial charge in [-0.1, -0.05) is 44.2 Å². The van der Waals surface area contributed by atoms with Gasteiger partial charge in [-0.2, -0.15) is 0 Å². The van der Waals surface area contributed by atoms with Crippen LogP contribution in [0.15, 0.2) is 30.3 Å². The molecule has 1 aromatic carbocycles. The number of hydrogen-bond acceptors (Lipinski definition) is 3. The summed E-state index contributed by atoms with van der Waals surface area (Å²) in [6.45, 7) is 6.35. The molecule has 0 radical (unpaired) electrons. The molecule has 0 aliphatic heterocycles. The SMILES string of the molecule is CC(C)CC(N)C(=O)N(CCN(C)C)Cc1ccccc1. The molecule has 0 saturated heterocycles. The summed E-state index contributed by atoms with van der Waals surface area (Å²) < 4.78 is 0. The molecule has 2 N–H and O–H groups in total. The van der Waals surface area contributed by atoms with Crippen molar-refractivity contribution in [3.8, 4) is 0 Å². The fraction of sp³-hybridized carbons (Fsp3) is 0.588. The fourth-order valence-corrected chi connectivity index (χ4v) is 2.23. The van der Waals surface area contributed by atoms with Gasteiger partial charge in [-0.05, 0) is 32.0 Å². The zero-order valence-electron chi connectivity index (χ0n) is 13.7. The van der Waals surface area contributed by atoms with Gasteiger partial charge in [-0.15, -0.1) is 0 Å². The van der Waals surface area contributed by atoms with E-state index >= 15 is 0 Å². The number of carbonyl (C=O) groups is 1. The number of benzene rings is 1. The van der Waals surface area contributed by atoms with E-state index < -0.39 is 6.04 Å². The third-order valence-electron chi connectivity index (χ3n) is 3.39. The van der Waals surface area contributed by atoms with Gasteiger partial charge >= 0.3 is 0 Å². The van der Waals surface area contributed by atoms with Crippen molar-refractivity contribution in [1.82, 2.24) is 9.80 Å². The van der Waals surface area contributed by atoms with Crippen molar-refractivity contribution in [3.05, 3.63) is 35.9 Å². The number of nitrogens with two attached hydrogens (primary N) is 1. The minimum atomic E-state index is -0.407. The average molecular weight is 291 g/mol. The minimum Gasteiger partial charge on any atom is -0.336 e. The van der Waals surface area contributed by atoms with Crippen molar-refractivity contribution in [3.63, 3.8) is 0 Å². The molecular formula is C17H29N3O. The highest BCUT2D eigenvalue weighted by atomic mass is 16.2. The third-order valence-corrected chi connectivity index (χ3v) is 3.39. The Bertz CT molecular complexity index is 417. The van der Waals surface area contributed by atoms with Crippen LogP contribution in [0.3, 0.4) is 0 Å². The van der Waals surface area contributed by atoms with Gasteiger partial charge in [0.15, 0.2) is 0 Å². The molecule has 0 saturated carbocycles.